The molecule has 1 N–H and O–H groups in total. The molecule has 0 aliphatic rings. The molecule has 1 heterocycles. The summed E-state index contributed by atoms with van der Waals surface area (Å²) in [5.41, 5.74) is 2.29. The van der Waals surface area contributed by atoms with Crippen molar-refractivity contribution in [2.45, 2.75) is 26.8 Å². The quantitative estimate of drug-likeness (QED) is 0.813. The lowest BCUT2D eigenvalue weighted by Gasteiger charge is -2.13. The van der Waals surface area contributed by atoms with Crippen LogP contribution in [0.25, 0.3) is 0 Å². The summed E-state index contributed by atoms with van der Waals surface area (Å²) in [6.07, 6.45) is 0.963. The highest BCUT2D eigenvalue weighted by Crippen LogP contribution is 2.16. The predicted molar refractivity (Wildman–Crippen MR) is 63.1 cm³/mol. The van der Waals surface area contributed by atoms with Gasteiger partial charge in [-0.3, -0.25) is 0 Å². The first-order valence-electron chi connectivity index (χ1n) is 5.27. The van der Waals surface area contributed by atoms with Crippen LogP contribution in [0.1, 0.15) is 24.0 Å². The molecule has 0 aliphatic carbocycles. The molecule has 0 aliphatic heterocycles. The summed E-state index contributed by atoms with van der Waals surface area (Å²) in [5, 5.41) is 3.13. The maximum absolute atomic E-state index is 4.50. The second-order valence-electron chi connectivity index (χ2n) is 3.89. The van der Waals surface area contributed by atoms with Crippen LogP contribution in [-0.4, -0.2) is 36.0 Å². The maximum atomic E-state index is 4.50. The molecule has 0 bridgehead atoms. The number of anilines is 1. The third-order valence-electron chi connectivity index (χ3n) is 2.31. The highest BCUT2D eigenvalue weighted by Gasteiger charge is 2.09. The van der Waals surface area contributed by atoms with Gasteiger partial charge in [0, 0.05) is 18.3 Å². The summed E-state index contributed by atoms with van der Waals surface area (Å²) in [6.45, 7) is 4.94. The zero-order valence-electron chi connectivity index (χ0n) is 10.3. The fourth-order valence-electron chi connectivity index (χ4n) is 1.64. The first-order valence-corrected chi connectivity index (χ1v) is 5.27. The van der Waals surface area contributed by atoms with Crippen molar-refractivity contribution < 1.29 is 0 Å². The van der Waals surface area contributed by atoms with Gasteiger partial charge < -0.3 is 10.2 Å². The SMILES string of the molecule is CCc1c(C)nc(CN(C)C)nc1NC. The van der Waals surface area contributed by atoms with Crippen LogP contribution >= 0.6 is 0 Å². The van der Waals surface area contributed by atoms with Crippen LogP contribution in [0.5, 0.6) is 0 Å². The molecular weight excluding hydrogens is 188 g/mol. The highest BCUT2D eigenvalue weighted by atomic mass is 15.1. The molecule has 0 radical (unpaired) electrons. The third kappa shape index (κ3) is 2.89. The molecule has 0 saturated carbocycles. The summed E-state index contributed by atoms with van der Waals surface area (Å²) in [5.74, 6) is 1.83. The Bertz CT molecular complexity index is 334. The number of nitrogens with zero attached hydrogens (tertiary/aromatic N) is 3. The predicted octanol–water partition coefficient (Wildman–Crippen LogP) is 1.45. The van der Waals surface area contributed by atoms with E-state index in [1.165, 1.54) is 5.56 Å². The fourth-order valence-corrected chi connectivity index (χ4v) is 1.64. The highest BCUT2D eigenvalue weighted by molar-refractivity contribution is 5.45. The molecule has 1 aromatic rings. The van der Waals surface area contributed by atoms with Gasteiger partial charge in [-0.1, -0.05) is 6.92 Å². The Hall–Kier alpha value is -1.16. The molecular formula is C11H20N4. The summed E-state index contributed by atoms with van der Waals surface area (Å²) in [4.78, 5) is 11.1. The molecule has 4 heteroatoms. The van der Waals surface area contributed by atoms with E-state index in [1.54, 1.807) is 0 Å². The lowest BCUT2D eigenvalue weighted by Crippen LogP contribution is -2.15. The van der Waals surface area contributed by atoms with E-state index in [0.29, 0.717) is 0 Å². The van der Waals surface area contributed by atoms with Crippen molar-refractivity contribution in [1.29, 1.82) is 0 Å². The Morgan fingerprint density at radius 2 is 1.93 bits per heavy atom. The van der Waals surface area contributed by atoms with Crippen molar-refractivity contribution in [3.8, 4) is 0 Å². The maximum Gasteiger partial charge on any atom is 0.144 e. The number of hydrogen-bond donors (Lipinski definition) is 1. The van der Waals surface area contributed by atoms with Crippen molar-refractivity contribution in [2.75, 3.05) is 26.5 Å². The summed E-state index contributed by atoms with van der Waals surface area (Å²) in [7, 11) is 5.94. The summed E-state index contributed by atoms with van der Waals surface area (Å²) >= 11 is 0. The first kappa shape index (κ1) is 11.9. The number of hydrogen-bond acceptors (Lipinski definition) is 4. The van der Waals surface area contributed by atoms with Crippen molar-refractivity contribution in [1.82, 2.24) is 14.9 Å². The fraction of sp³-hybridized carbons (Fsp3) is 0.636. The van der Waals surface area contributed by atoms with E-state index in [2.05, 4.69) is 27.1 Å². The average molecular weight is 208 g/mol. The Kier molecular flexibility index (Phi) is 4.03. The molecule has 15 heavy (non-hydrogen) atoms. The molecule has 1 rings (SSSR count). The van der Waals surface area contributed by atoms with Gasteiger partial charge in [-0.25, -0.2) is 9.97 Å². The Morgan fingerprint density at radius 1 is 1.27 bits per heavy atom. The molecule has 4 nitrogen and oxygen atoms in total. The van der Waals surface area contributed by atoms with Crippen LogP contribution in [-0.2, 0) is 13.0 Å². The van der Waals surface area contributed by atoms with Crippen LogP contribution in [0.15, 0.2) is 0 Å². The lowest BCUT2D eigenvalue weighted by atomic mass is 10.1. The lowest BCUT2D eigenvalue weighted by molar-refractivity contribution is 0.390. The molecule has 0 spiro atoms. The van der Waals surface area contributed by atoms with E-state index in [9.17, 15) is 0 Å². The monoisotopic (exact) mass is 208 g/mol. The Labute approximate surface area is 91.7 Å². The summed E-state index contributed by atoms with van der Waals surface area (Å²) < 4.78 is 0. The second-order valence-corrected chi connectivity index (χ2v) is 3.89. The summed E-state index contributed by atoms with van der Waals surface area (Å²) in [6, 6.07) is 0. The van der Waals surface area contributed by atoms with Crippen molar-refractivity contribution in [3.05, 3.63) is 17.1 Å². The van der Waals surface area contributed by atoms with E-state index in [4.69, 9.17) is 0 Å². The van der Waals surface area contributed by atoms with E-state index in [-0.39, 0.29) is 0 Å². The molecule has 1 aromatic heterocycles. The molecule has 84 valence electrons. The van der Waals surface area contributed by atoms with Crippen LogP contribution in [0, 0.1) is 6.92 Å². The molecule has 0 fully saturated rings. The number of aryl methyl sites for hydroxylation is 1. The zero-order valence-corrected chi connectivity index (χ0v) is 10.3. The van der Waals surface area contributed by atoms with E-state index >= 15 is 0 Å². The van der Waals surface area contributed by atoms with Gasteiger partial charge in [0.15, 0.2) is 0 Å². The van der Waals surface area contributed by atoms with Gasteiger partial charge in [-0.05, 0) is 27.4 Å². The minimum absolute atomic E-state index is 0.777. The van der Waals surface area contributed by atoms with Crippen LogP contribution in [0.4, 0.5) is 5.82 Å². The van der Waals surface area contributed by atoms with Gasteiger partial charge in [0.05, 0.1) is 6.54 Å². The van der Waals surface area contributed by atoms with Crippen LogP contribution in [0.2, 0.25) is 0 Å². The Balaban J connectivity index is 3.08. The average Bonchev–Trinajstić information content (AvgIpc) is 2.15. The van der Waals surface area contributed by atoms with E-state index in [0.717, 1.165) is 30.3 Å². The van der Waals surface area contributed by atoms with Gasteiger partial charge in [-0.15, -0.1) is 0 Å². The van der Waals surface area contributed by atoms with Gasteiger partial charge in [0.25, 0.3) is 0 Å². The van der Waals surface area contributed by atoms with Gasteiger partial charge in [0.1, 0.15) is 11.6 Å². The third-order valence-corrected chi connectivity index (χ3v) is 2.31. The van der Waals surface area contributed by atoms with Crippen LogP contribution < -0.4 is 5.32 Å². The Morgan fingerprint density at radius 3 is 2.40 bits per heavy atom. The van der Waals surface area contributed by atoms with E-state index < -0.39 is 0 Å². The van der Waals surface area contributed by atoms with Gasteiger partial charge in [0.2, 0.25) is 0 Å². The van der Waals surface area contributed by atoms with Crippen LogP contribution in [0.3, 0.4) is 0 Å². The second kappa shape index (κ2) is 5.07. The van der Waals surface area contributed by atoms with Crippen molar-refractivity contribution >= 4 is 5.82 Å². The number of rotatable bonds is 4. The zero-order chi connectivity index (χ0) is 11.4. The number of aromatic nitrogens is 2. The van der Waals surface area contributed by atoms with Crippen molar-refractivity contribution in [3.63, 3.8) is 0 Å². The van der Waals surface area contributed by atoms with E-state index in [1.807, 2.05) is 28.1 Å². The standard InChI is InChI=1S/C11H20N4/c1-6-9-8(2)13-10(7-15(4)5)14-11(9)12-3/h6-7H2,1-5H3,(H,12,13,14). The largest absolute Gasteiger partial charge is 0.373 e. The molecule has 0 atom stereocenters. The molecule has 0 saturated heterocycles. The minimum atomic E-state index is 0.777. The molecule has 0 amide bonds. The molecule has 0 aromatic carbocycles. The topological polar surface area (TPSA) is 41.1 Å². The normalized spacial score (nSPS) is 10.8. The minimum Gasteiger partial charge on any atom is -0.373 e. The molecule has 0 unspecified atom stereocenters. The van der Waals surface area contributed by atoms with Crippen molar-refractivity contribution in [2.24, 2.45) is 0 Å². The smallest absolute Gasteiger partial charge is 0.144 e. The first-order chi connectivity index (χ1) is 7.08. The van der Waals surface area contributed by atoms with Gasteiger partial charge >= 0.3 is 0 Å². The number of nitrogens with one attached hydrogen (secondary N) is 1. The van der Waals surface area contributed by atoms with Gasteiger partial charge in [-0.2, -0.15) is 0 Å².